The summed E-state index contributed by atoms with van der Waals surface area (Å²) in [7, 11) is 8.39. The average molecular weight is 768 g/mol. The highest BCUT2D eigenvalue weighted by molar-refractivity contribution is 4.75. The molecule has 9 nitrogen and oxygen atoms in total. The van der Waals surface area contributed by atoms with Crippen molar-refractivity contribution >= 4 is 0 Å². The normalized spacial score (nSPS) is 22.7. The molecule has 0 radical (unpaired) electrons. The van der Waals surface area contributed by atoms with Gasteiger partial charge in [0.15, 0.2) is 0 Å². The Bertz CT molecular complexity index is 796. The Morgan fingerprint density at radius 1 is 0.481 bits per heavy atom. The van der Waals surface area contributed by atoms with Gasteiger partial charge in [0, 0.05) is 98.2 Å². The smallest absolute Gasteiger partial charge is 0.0594 e. The standard InChI is InChI=1S/C11H23NO.C9H20N2.C9H19N.C8H18N2.C8H17NO/c1-10(2)11-4-6-12(7-5-11)8-9-13-3;1-9(2)8-11-6-4-10(3)5-7-11;1-8(2)9-4-6-10(3)7-5-9;1-8(2)10-6-4-9(3)5-7-10;1-8(2)7-9-3-5-10-6-4-9/h10-11H,4-9H2,1-3H3;9H,4-8H2,1-3H3;8-9H,4-7H2,1-3H3;8H,4-7H2,1-3H3;8H,3-7H2,1-2H3. The van der Waals surface area contributed by atoms with Gasteiger partial charge in [0.1, 0.15) is 0 Å². The monoisotopic (exact) mass is 768 g/mol. The third kappa shape index (κ3) is 25.8. The second kappa shape index (κ2) is 30.7. The molecule has 324 valence electrons. The number of rotatable bonds is 10. The first kappa shape index (κ1) is 51.7. The second-order valence-corrected chi connectivity index (χ2v) is 19.0. The van der Waals surface area contributed by atoms with Gasteiger partial charge in [-0.2, -0.15) is 0 Å². The van der Waals surface area contributed by atoms with E-state index in [-0.39, 0.29) is 0 Å². The molecule has 0 spiro atoms. The molecule has 0 bridgehead atoms. The van der Waals surface area contributed by atoms with Crippen LogP contribution in [0.15, 0.2) is 0 Å². The lowest BCUT2D eigenvalue weighted by Crippen LogP contribution is -2.47. The van der Waals surface area contributed by atoms with Gasteiger partial charge in [-0.15, -0.1) is 0 Å². The van der Waals surface area contributed by atoms with E-state index < -0.39 is 0 Å². The number of ether oxygens (including phenoxy) is 2. The average Bonchev–Trinajstić information content (AvgIpc) is 3.13. The summed E-state index contributed by atoms with van der Waals surface area (Å²) < 4.78 is 10.3. The number of methoxy groups -OCH3 is 1. The van der Waals surface area contributed by atoms with Crippen molar-refractivity contribution in [3.63, 3.8) is 0 Å². The van der Waals surface area contributed by atoms with Crippen LogP contribution < -0.4 is 0 Å². The largest absolute Gasteiger partial charge is 0.383 e. The number of hydrogen-bond acceptors (Lipinski definition) is 9. The number of morpholine rings is 1. The van der Waals surface area contributed by atoms with Crippen molar-refractivity contribution in [3.05, 3.63) is 0 Å². The predicted octanol–water partition coefficient (Wildman–Crippen LogP) is 6.49. The Kier molecular flexibility index (Phi) is 29.4. The molecular weight excluding hydrogens is 671 g/mol. The number of hydrogen-bond donors (Lipinski definition) is 0. The van der Waals surface area contributed by atoms with Crippen molar-refractivity contribution in [2.75, 3.05) is 159 Å². The number of nitrogens with zero attached hydrogens (tertiary/aromatic N) is 7. The minimum absolute atomic E-state index is 0.730. The lowest BCUT2D eigenvalue weighted by molar-refractivity contribution is 0.0329. The second-order valence-electron chi connectivity index (χ2n) is 19.0. The third-order valence-electron chi connectivity index (χ3n) is 12.1. The highest BCUT2D eigenvalue weighted by atomic mass is 16.5. The van der Waals surface area contributed by atoms with Crippen molar-refractivity contribution in [1.82, 2.24) is 34.3 Å². The van der Waals surface area contributed by atoms with Gasteiger partial charge in [0.25, 0.3) is 0 Å². The minimum atomic E-state index is 0.730. The van der Waals surface area contributed by atoms with Gasteiger partial charge < -0.3 is 34.0 Å². The molecule has 0 N–H and O–H groups in total. The Morgan fingerprint density at radius 3 is 1.26 bits per heavy atom. The van der Waals surface area contributed by atoms with Crippen LogP contribution in [0.3, 0.4) is 0 Å². The number of piperazine rings is 2. The molecule has 0 unspecified atom stereocenters. The Balaban J connectivity index is 0.000000339. The molecule has 5 saturated heterocycles. The molecule has 9 heteroatoms. The number of likely N-dealkylation sites (tertiary alicyclic amines) is 2. The van der Waals surface area contributed by atoms with Crippen molar-refractivity contribution < 1.29 is 9.47 Å². The van der Waals surface area contributed by atoms with Crippen LogP contribution in [0.4, 0.5) is 0 Å². The van der Waals surface area contributed by atoms with E-state index in [9.17, 15) is 0 Å². The number of likely N-dealkylation sites (N-methyl/N-ethyl adjacent to an activating group) is 2. The van der Waals surface area contributed by atoms with E-state index in [4.69, 9.17) is 9.47 Å². The fraction of sp³-hybridized carbons (Fsp3) is 1.00. The van der Waals surface area contributed by atoms with Gasteiger partial charge >= 0.3 is 0 Å². The lowest BCUT2D eigenvalue weighted by Gasteiger charge is -2.34. The zero-order valence-electron chi connectivity index (χ0n) is 39.0. The molecule has 0 aliphatic carbocycles. The first-order chi connectivity index (χ1) is 25.6. The summed E-state index contributed by atoms with van der Waals surface area (Å²) >= 11 is 0. The topological polar surface area (TPSA) is 41.1 Å². The molecule has 54 heavy (non-hydrogen) atoms. The molecule has 5 fully saturated rings. The van der Waals surface area contributed by atoms with Crippen molar-refractivity contribution in [1.29, 1.82) is 0 Å². The maximum atomic E-state index is 5.24. The fourth-order valence-electron chi connectivity index (χ4n) is 7.94. The molecule has 5 aliphatic heterocycles. The van der Waals surface area contributed by atoms with Crippen molar-refractivity contribution in [3.8, 4) is 0 Å². The van der Waals surface area contributed by atoms with Crippen LogP contribution in [-0.2, 0) is 9.47 Å². The minimum Gasteiger partial charge on any atom is -0.383 e. The summed E-state index contributed by atoms with van der Waals surface area (Å²) in [6, 6.07) is 0.730. The van der Waals surface area contributed by atoms with Crippen LogP contribution in [0, 0.1) is 35.5 Å². The molecule has 5 rings (SSSR count). The lowest BCUT2D eigenvalue weighted by atomic mass is 9.87. The highest BCUT2D eigenvalue weighted by Crippen LogP contribution is 2.24. The van der Waals surface area contributed by atoms with Crippen molar-refractivity contribution in [2.24, 2.45) is 35.5 Å². The fourth-order valence-corrected chi connectivity index (χ4v) is 7.94. The first-order valence-corrected chi connectivity index (χ1v) is 22.6. The Hall–Kier alpha value is -0.360. The molecule has 0 aromatic carbocycles. The maximum absolute atomic E-state index is 5.24. The maximum Gasteiger partial charge on any atom is 0.0594 e. The van der Waals surface area contributed by atoms with Crippen LogP contribution >= 0.6 is 0 Å². The predicted molar refractivity (Wildman–Crippen MR) is 236 cm³/mol. The van der Waals surface area contributed by atoms with Gasteiger partial charge in [0.05, 0.1) is 19.8 Å². The molecular formula is C45H97N7O2. The van der Waals surface area contributed by atoms with Gasteiger partial charge in [-0.3, -0.25) is 9.80 Å². The van der Waals surface area contributed by atoms with E-state index >= 15 is 0 Å². The summed E-state index contributed by atoms with van der Waals surface area (Å²) in [6.45, 7) is 46.7. The van der Waals surface area contributed by atoms with Crippen LogP contribution in [0.2, 0.25) is 0 Å². The van der Waals surface area contributed by atoms with Gasteiger partial charge in [-0.1, -0.05) is 55.4 Å². The number of piperidine rings is 2. The molecule has 0 aromatic heterocycles. The zero-order valence-corrected chi connectivity index (χ0v) is 39.0. The van der Waals surface area contributed by atoms with E-state index in [1.807, 2.05) is 0 Å². The quantitative estimate of drug-likeness (QED) is 0.248. The van der Waals surface area contributed by atoms with Gasteiger partial charge in [-0.05, 0) is 122 Å². The zero-order chi connectivity index (χ0) is 40.5. The Labute approximate surface area is 338 Å². The first-order valence-electron chi connectivity index (χ1n) is 22.6. The van der Waals surface area contributed by atoms with Crippen LogP contribution in [0.25, 0.3) is 0 Å². The Morgan fingerprint density at radius 2 is 0.870 bits per heavy atom. The van der Waals surface area contributed by atoms with Crippen molar-refractivity contribution in [2.45, 2.75) is 101 Å². The van der Waals surface area contributed by atoms with Gasteiger partial charge in [0.2, 0.25) is 0 Å². The van der Waals surface area contributed by atoms with E-state index in [1.54, 1.807) is 7.11 Å². The van der Waals surface area contributed by atoms with Gasteiger partial charge in [-0.25, -0.2) is 0 Å². The van der Waals surface area contributed by atoms with Crippen LogP contribution in [0.5, 0.6) is 0 Å². The molecule has 5 heterocycles. The SMILES string of the molecule is CC(C)C1CCN(C)CC1.CC(C)CN1CCN(C)CC1.CC(C)CN1CCOCC1.CC(C)N1CCN(C)CC1.COCCN1CCC(C(C)C)CC1. The van der Waals surface area contributed by atoms with E-state index in [0.29, 0.717) is 0 Å². The molecule has 0 amide bonds. The summed E-state index contributed by atoms with van der Waals surface area (Å²) in [6.07, 6.45) is 5.57. The van der Waals surface area contributed by atoms with E-state index in [0.717, 1.165) is 81.0 Å². The molecule has 0 aromatic rings. The van der Waals surface area contributed by atoms with Crippen LogP contribution in [-0.4, -0.2) is 200 Å². The van der Waals surface area contributed by atoms with E-state index in [1.165, 1.54) is 117 Å². The molecule has 5 aliphatic rings. The highest BCUT2D eigenvalue weighted by Gasteiger charge is 2.21. The van der Waals surface area contributed by atoms with Crippen LogP contribution in [0.1, 0.15) is 94.9 Å². The molecule has 0 atom stereocenters. The summed E-state index contributed by atoms with van der Waals surface area (Å²) in [5, 5.41) is 0. The van der Waals surface area contributed by atoms with E-state index in [2.05, 4.69) is 125 Å². The third-order valence-corrected chi connectivity index (χ3v) is 12.1. The summed E-state index contributed by atoms with van der Waals surface area (Å²) in [4.78, 5) is 17.3. The summed E-state index contributed by atoms with van der Waals surface area (Å²) in [5.74, 6) is 5.32. The summed E-state index contributed by atoms with van der Waals surface area (Å²) in [5.41, 5.74) is 0. The molecule has 0 saturated carbocycles.